The average Bonchev–Trinajstić information content (AvgIpc) is 3.57. The van der Waals surface area contributed by atoms with Crippen LogP contribution in [-0.4, -0.2) is 71.4 Å². The van der Waals surface area contributed by atoms with Gasteiger partial charge in [0.25, 0.3) is 0 Å². The number of hydrogen-bond acceptors (Lipinski definition) is 4. The summed E-state index contributed by atoms with van der Waals surface area (Å²) in [6, 6.07) is 20.5. The van der Waals surface area contributed by atoms with Gasteiger partial charge in [-0.05, 0) is 61.1 Å². The Hall–Kier alpha value is -3.02. The molecule has 2 aromatic carbocycles. The number of hydrogen-bond donors (Lipinski definition) is 2. The molecule has 1 saturated heterocycles. The molecule has 0 radical (unpaired) electrons. The summed E-state index contributed by atoms with van der Waals surface area (Å²) in [7, 11) is 0. The second kappa shape index (κ2) is 16.9. The van der Waals surface area contributed by atoms with Crippen LogP contribution in [0.4, 0.5) is 0 Å². The molecule has 44 heavy (non-hydrogen) atoms. The summed E-state index contributed by atoms with van der Waals surface area (Å²) < 4.78 is 0. The zero-order valence-electron chi connectivity index (χ0n) is 27.4. The molecule has 2 fully saturated rings. The van der Waals surface area contributed by atoms with Crippen LogP contribution in [0.3, 0.4) is 0 Å². The van der Waals surface area contributed by atoms with Crippen molar-refractivity contribution >= 4 is 11.9 Å². The Balaban J connectivity index is 1.04. The summed E-state index contributed by atoms with van der Waals surface area (Å²) in [6.45, 7) is 7.09. The van der Waals surface area contributed by atoms with E-state index in [9.17, 15) is 0 Å². The highest BCUT2D eigenvalue weighted by Crippen LogP contribution is 2.28. The summed E-state index contributed by atoms with van der Waals surface area (Å²) in [5, 5.41) is 9.08. The molecule has 1 saturated carbocycles. The van der Waals surface area contributed by atoms with Gasteiger partial charge in [-0.3, -0.25) is 10.4 Å². The van der Waals surface area contributed by atoms with Gasteiger partial charge in [-0.25, -0.2) is 0 Å². The van der Waals surface area contributed by atoms with Gasteiger partial charge in [-0.15, -0.1) is 0 Å². The Labute approximate surface area is 267 Å². The molecule has 3 N–H and O–H groups in total. The SMILES string of the molecule is CCCC[C@H]1CN(CCCCC2CN=C(N)N2CCCCC2CCCCC2)C(=N)N1CCc1ccc(-c2ccccc2)cc1. The van der Waals surface area contributed by atoms with Gasteiger partial charge in [0.1, 0.15) is 0 Å². The smallest absolute Gasteiger partial charge is 0.194 e. The molecular weight excluding hydrogens is 540 g/mol. The molecule has 1 unspecified atom stereocenters. The first kappa shape index (κ1) is 32.4. The van der Waals surface area contributed by atoms with Gasteiger partial charge in [0, 0.05) is 32.2 Å². The number of nitrogens with one attached hydrogen (secondary N) is 1. The van der Waals surface area contributed by atoms with Gasteiger partial charge in [0.05, 0.1) is 12.6 Å². The van der Waals surface area contributed by atoms with Gasteiger partial charge in [-0.2, -0.15) is 0 Å². The van der Waals surface area contributed by atoms with Gasteiger partial charge in [0.15, 0.2) is 11.9 Å². The molecule has 0 spiro atoms. The number of rotatable bonds is 17. The molecule has 2 heterocycles. The molecule has 5 rings (SSSR count). The fraction of sp³-hybridized carbons (Fsp3) is 0.632. The Morgan fingerprint density at radius 2 is 1.45 bits per heavy atom. The van der Waals surface area contributed by atoms with E-state index in [1.165, 1.54) is 93.7 Å². The van der Waals surface area contributed by atoms with Gasteiger partial charge >= 0.3 is 0 Å². The van der Waals surface area contributed by atoms with E-state index in [-0.39, 0.29) is 0 Å². The molecule has 0 aromatic heterocycles. The van der Waals surface area contributed by atoms with Crippen molar-refractivity contribution < 1.29 is 0 Å². The van der Waals surface area contributed by atoms with Crippen molar-refractivity contribution in [2.75, 3.05) is 32.7 Å². The van der Waals surface area contributed by atoms with E-state index in [1.54, 1.807) is 0 Å². The summed E-state index contributed by atoms with van der Waals surface area (Å²) in [5.74, 6) is 2.47. The van der Waals surface area contributed by atoms with E-state index in [1.807, 2.05) is 0 Å². The highest BCUT2D eigenvalue weighted by Gasteiger charge is 2.33. The molecule has 3 aliphatic rings. The second-order valence-electron chi connectivity index (χ2n) is 13.6. The summed E-state index contributed by atoms with van der Waals surface area (Å²) in [6.07, 6.45) is 19.2. The van der Waals surface area contributed by atoms with Crippen molar-refractivity contribution in [2.24, 2.45) is 16.6 Å². The van der Waals surface area contributed by atoms with Crippen LogP contribution in [0, 0.1) is 11.3 Å². The Morgan fingerprint density at radius 3 is 2.23 bits per heavy atom. The predicted octanol–water partition coefficient (Wildman–Crippen LogP) is 7.93. The van der Waals surface area contributed by atoms with E-state index in [0.29, 0.717) is 12.1 Å². The van der Waals surface area contributed by atoms with Gasteiger partial charge < -0.3 is 20.4 Å². The van der Waals surface area contributed by atoms with Crippen LogP contribution >= 0.6 is 0 Å². The minimum atomic E-state index is 0.457. The molecule has 0 amide bonds. The topological polar surface area (TPSA) is 72.0 Å². The van der Waals surface area contributed by atoms with Crippen LogP contribution < -0.4 is 5.73 Å². The number of unbranched alkanes of at least 4 members (excludes halogenated alkanes) is 3. The monoisotopic (exact) mass is 598 g/mol. The predicted molar refractivity (Wildman–Crippen MR) is 186 cm³/mol. The lowest BCUT2D eigenvalue weighted by molar-refractivity contribution is 0.288. The molecule has 2 aromatic rings. The van der Waals surface area contributed by atoms with E-state index in [2.05, 4.69) is 81.2 Å². The standard InChI is InChI=1S/C38H58N6/c1-2-3-19-36-30-42(38(40)44(36)28-25-32-21-23-34(24-22-32)33-17-8-5-9-18-33)26-12-11-20-35-29-41-37(39)43(35)27-13-10-16-31-14-6-4-7-15-31/h5,8-9,17-18,21-24,31,35-36,40H,2-4,6-7,10-16,19-20,25-30H2,1H3,(H2,39,41)/t35?,36-/m0/s1. The largest absolute Gasteiger partial charge is 0.370 e. The highest BCUT2D eigenvalue weighted by atomic mass is 15.4. The highest BCUT2D eigenvalue weighted by molar-refractivity contribution is 5.80. The van der Waals surface area contributed by atoms with E-state index in [0.717, 1.165) is 69.8 Å². The normalized spacial score (nSPS) is 21.0. The fourth-order valence-corrected chi connectivity index (χ4v) is 7.70. The molecular formula is C38H58N6. The first-order valence-corrected chi connectivity index (χ1v) is 17.9. The van der Waals surface area contributed by atoms with Crippen molar-refractivity contribution in [3.8, 4) is 11.1 Å². The first-order valence-electron chi connectivity index (χ1n) is 17.9. The maximum Gasteiger partial charge on any atom is 0.194 e. The minimum Gasteiger partial charge on any atom is -0.370 e. The van der Waals surface area contributed by atoms with Crippen LogP contribution in [0.15, 0.2) is 59.6 Å². The summed E-state index contributed by atoms with van der Waals surface area (Å²) in [5.41, 5.74) is 10.2. The minimum absolute atomic E-state index is 0.457. The van der Waals surface area contributed by atoms with Crippen LogP contribution in [0.1, 0.15) is 102 Å². The molecule has 6 heteroatoms. The quantitative estimate of drug-likeness (QED) is 0.181. The van der Waals surface area contributed by atoms with Crippen molar-refractivity contribution in [1.82, 2.24) is 14.7 Å². The molecule has 0 bridgehead atoms. The third-order valence-electron chi connectivity index (χ3n) is 10.4. The first-order chi connectivity index (χ1) is 21.6. The Bertz CT molecular complexity index is 1160. The summed E-state index contributed by atoms with van der Waals surface area (Å²) in [4.78, 5) is 11.8. The fourth-order valence-electron chi connectivity index (χ4n) is 7.70. The molecule has 2 aliphatic heterocycles. The third kappa shape index (κ3) is 9.01. The number of aliphatic imine (C=N–C) groups is 1. The molecule has 1 aliphatic carbocycles. The maximum atomic E-state index is 9.08. The van der Waals surface area contributed by atoms with Crippen molar-refractivity contribution in [1.29, 1.82) is 5.41 Å². The number of guanidine groups is 2. The number of nitrogens with two attached hydrogens (primary N) is 1. The van der Waals surface area contributed by atoms with Gasteiger partial charge in [-0.1, -0.05) is 119 Å². The Kier molecular flexibility index (Phi) is 12.4. The van der Waals surface area contributed by atoms with Crippen LogP contribution in [-0.2, 0) is 6.42 Å². The summed E-state index contributed by atoms with van der Waals surface area (Å²) >= 11 is 0. The number of benzene rings is 2. The van der Waals surface area contributed by atoms with Crippen molar-refractivity contribution in [3.05, 3.63) is 60.2 Å². The van der Waals surface area contributed by atoms with Gasteiger partial charge in [0.2, 0.25) is 0 Å². The lowest BCUT2D eigenvalue weighted by atomic mass is 9.86. The van der Waals surface area contributed by atoms with Crippen molar-refractivity contribution in [2.45, 2.75) is 115 Å². The van der Waals surface area contributed by atoms with E-state index in [4.69, 9.17) is 11.1 Å². The van der Waals surface area contributed by atoms with Crippen LogP contribution in [0.2, 0.25) is 0 Å². The molecule has 6 nitrogen and oxygen atoms in total. The van der Waals surface area contributed by atoms with E-state index < -0.39 is 0 Å². The molecule has 240 valence electrons. The molecule has 2 atom stereocenters. The van der Waals surface area contributed by atoms with Crippen LogP contribution in [0.25, 0.3) is 11.1 Å². The van der Waals surface area contributed by atoms with Crippen LogP contribution in [0.5, 0.6) is 0 Å². The lowest BCUT2D eigenvalue weighted by Gasteiger charge is -2.27. The average molecular weight is 599 g/mol. The Morgan fingerprint density at radius 1 is 0.750 bits per heavy atom. The van der Waals surface area contributed by atoms with Crippen molar-refractivity contribution in [3.63, 3.8) is 0 Å². The lowest BCUT2D eigenvalue weighted by Crippen LogP contribution is -2.41. The zero-order chi connectivity index (χ0) is 30.6. The third-order valence-corrected chi connectivity index (χ3v) is 10.4. The maximum absolute atomic E-state index is 9.08. The second-order valence-corrected chi connectivity index (χ2v) is 13.6. The number of nitrogens with zero attached hydrogens (tertiary/aromatic N) is 4. The zero-order valence-corrected chi connectivity index (χ0v) is 27.4. The van der Waals surface area contributed by atoms with E-state index >= 15 is 0 Å².